The van der Waals surface area contributed by atoms with Crippen molar-refractivity contribution >= 4 is 23.7 Å². The summed E-state index contributed by atoms with van der Waals surface area (Å²) in [6.07, 6.45) is 0. The van der Waals surface area contributed by atoms with Gasteiger partial charge in [0.25, 0.3) is 5.22 Å². The fraction of sp³-hybridized carbons (Fsp3) is 0.200. The lowest BCUT2D eigenvalue weighted by Crippen LogP contribution is -2.41. The molecule has 0 bridgehead atoms. The van der Waals surface area contributed by atoms with Gasteiger partial charge in [0, 0.05) is 12.1 Å². The van der Waals surface area contributed by atoms with Gasteiger partial charge in [-0.1, -0.05) is 48.5 Å². The van der Waals surface area contributed by atoms with Crippen molar-refractivity contribution in [1.82, 2.24) is 20.8 Å². The molecule has 3 amide bonds. The predicted molar refractivity (Wildman–Crippen MR) is 107 cm³/mol. The zero-order valence-corrected chi connectivity index (χ0v) is 16.3. The highest BCUT2D eigenvalue weighted by Crippen LogP contribution is 2.36. The van der Waals surface area contributed by atoms with E-state index in [1.54, 1.807) is 6.92 Å². The number of aromatic nitrogens is 2. The third-order valence-electron chi connectivity index (χ3n) is 3.92. The first-order valence-electron chi connectivity index (χ1n) is 8.78. The molecule has 8 heteroatoms. The molecule has 3 aromatic rings. The predicted octanol–water partition coefficient (Wildman–Crippen LogP) is 3.72. The van der Waals surface area contributed by atoms with Gasteiger partial charge < -0.3 is 9.73 Å². The molecule has 28 heavy (non-hydrogen) atoms. The quantitative estimate of drug-likeness (QED) is 0.616. The molecule has 0 fully saturated rings. The van der Waals surface area contributed by atoms with Gasteiger partial charge in [-0.2, -0.15) is 0 Å². The number of amides is 3. The Morgan fingerprint density at radius 1 is 1.07 bits per heavy atom. The molecule has 2 N–H and O–H groups in total. The first-order valence-corrected chi connectivity index (χ1v) is 9.66. The van der Waals surface area contributed by atoms with Crippen molar-refractivity contribution in [3.63, 3.8) is 0 Å². The molecule has 0 unspecified atom stereocenters. The standard InChI is InChI=1S/C20H20N4O3S/c1-3-21-19(26)22-17(25)16(14-10-5-4-6-11-14)28-20-24-23-18(27-20)15-12-8-7-9-13(15)2/h4-12,16H,3H2,1-2H3,(H2,21,22,25,26)/t16-/m1/s1. The number of rotatable bonds is 6. The molecule has 0 aliphatic heterocycles. The molecule has 0 saturated carbocycles. The van der Waals surface area contributed by atoms with Gasteiger partial charge in [-0.3, -0.25) is 10.1 Å². The third kappa shape index (κ3) is 4.77. The van der Waals surface area contributed by atoms with E-state index in [4.69, 9.17) is 4.42 Å². The number of thioether (sulfide) groups is 1. The molecule has 144 valence electrons. The van der Waals surface area contributed by atoms with Crippen LogP contribution in [0.5, 0.6) is 0 Å². The second-order valence-electron chi connectivity index (χ2n) is 5.95. The van der Waals surface area contributed by atoms with Crippen LogP contribution in [0.25, 0.3) is 11.5 Å². The summed E-state index contributed by atoms with van der Waals surface area (Å²) in [5.74, 6) is -0.0747. The number of carbonyl (C=O) groups excluding carboxylic acids is 2. The molecule has 0 saturated heterocycles. The van der Waals surface area contributed by atoms with Crippen LogP contribution >= 0.6 is 11.8 Å². The Morgan fingerprint density at radius 2 is 1.79 bits per heavy atom. The van der Waals surface area contributed by atoms with Crippen molar-refractivity contribution in [2.24, 2.45) is 0 Å². The van der Waals surface area contributed by atoms with Gasteiger partial charge in [-0.25, -0.2) is 4.79 Å². The Labute approximate surface area is 166 Å². The number of imide groups is 1. The van der Waals surface area contributed by atoms with Crippen LogP contribution in [-0.4, -0.2) is 28.7 Å². The largest absolute Gasteiger partial charge is 0.411 e. The zero-order chi connectivity index (χ0) is 19.9. The monoisotopic (exact) mass is 396 g/mol. The maximum atomic E-state index is 12.7. The number of hydrogen-bond acceptors (Lipinski definition) is 6. The van der Waals surface area contributed by atoms with E-state index in [2.05, 4.69) is 20.8 Å². The van der Waals surface area contributed by atoms with E-state index in [9.17, 15) is 9.59 Å². The summed E-state index contributed by atoms with van der Waals surface area (Å²) in [6, 6.07) is 16.3. The van der Waals surface area contributed by atoms with Crippen LogP contribution in [0.4, 0.5) is 4.79 Å². The summed E-state index contributed by atoms with van der Waals surface area (Å²) in [6.45, 7) is 4.16. The average molecular weight is 396 g/mol. The van der Waals surface area contributed by atoms with Gasteiger partial charge in [0.15, 0.2) is 0 Å². The van der Waals surface area contributed by atoms with Crippen LogP contribution in [0.3, 0.4) is 0 Å². The summed E-state index contributed by atoms with van der Waals surface area (Å²) in [4.78, 5) is 24.4. The van der Waals surface area contributed by atoms with Crippen molar-refractivity contribution in [3.8, 4) is 11.5 Å². The van der Waals surface area contributed by atoms with E-state index in [-0.39, 0.29) is 5.22 Å². The molecule has 1 atom stereocenters. The van der Waals surface area contributed by atoms with Crippen molar-refractivity contribution in [1.29, 1.82) is 0 Å². The molecular formula is C20H20N4O3S. The lowest BCUT2D eigenvalue weighted by atomic mass is 10.1. The van der Waals surface area contributed by atoms with Gasteiger partial charge in [0.1, 0.15) is 5.25 Å². The highest BCUT2D eigenvalue weighted by atomic mass is 32.2. The number of nitrogens with one attached hydrogen (secondary N) is 2. The van der Waals surface area contributed by atoms with Crippen LogP contribution in [0.1, 0.15) is 23.3 Å². The second-order valence-corrected chi connectivity index (χ2v) is 7.00. The Morgan fingerprint density at radius 3 is 2.50 bits per heavy atom. The SMILES string of the molecule is CCNC(=O)NC(=O)[C@H](Sc1nnc(-c2ccccc2C)o1)c1ccccc1. The molecule has 3 rings (SSSR count). The van der Waals surface area contributed by atoms with E-state index in [1.807, 2.05) is 61.5 Å². The second kappa shape index (κ2) is 9.18. The van der Waals surface area contributed by atoms with Gasteiger partial charge >= 0.3 is 6.03 Å². The molecule has 7 nitrogen and oxygen atoms in total. The van der Waals surface area contributed by atoms with Crippen LogP contribution in [0, 0.1) is 6.92 Å². The zero-order valence-electron chi connectivity index (χ0n) is 15.5. The lowest BCUT2D eigenvalue weighted by molar-refractivity contribution is -0.119. The summed E-state index contributed by atoms with van der Waals surface area (Å²) in [7, 11) is 0. The minimum Gasteiger partial charge on any atom is -0.411 e. The Hall–Kier alpha value is -3.13. The molecule has 1 aromatic heterocycles. The molecule has 0 aliphatic rings. The van der Waals surface area contributed by atoms with Gasteiger partial charge in [-0.15, -0.1) is 10.2 Å². The average Bonchev–Trinajstić information content (AvgIpc) is 3.15. The highest BCUT2D eigenvalue weighted by Gasteiger charge is 2.26. The Bertz CT molecular complexity index is 959. The van der Waals surface area contributed by atoms with Crippen LogP contribution in [-0.2, 0) is 4.79 Å². The number of benzene rings is 2. The molecule has 0 spiro atoms. The maximum Gasteiger partial charge on any atom is 0.321 e. The van der Waals surface area contributed by atoms with Crippen molar-refractivity contribution in [2.45, 2.75) is 24.3 Å². The highest BCUT2D eigenvalue weighted by molar-refractivity contribution is 8.00. The number of urea groups is 1. The smallest absolute Gasteiger partial charge is 0.321 e. The van der Waals surface area contributed by atoms with E-state index in [1.165, 1.54) is 0 Å². The molecule has 0 aliphatic carbocycles. The minimum atomic E-state index is -0.714. The van der Waals surface area contributed by atoms with E-state index in [0.717, 1.165) is 28.5 Å². The van der Waals surface area contributed by atoms with E-state index in [0.29, 0.717) is 12.4 Å². The number of hydrogen-bond donors (Lipinski definition) is 2. The summed E-state index contributed by atoms with van der Waals surface area (Å²) in [5, 5.41) is 12.6. The van der Waals surface area contributed by atoms with Crippen molar-refractivity contribution < 1.29 is 14.0 Å². The lowest BCUT2D eigenvalue weighted by Gasteiger charge is -2.14. The van der Waals surface area contributed by atoms with Crippen LogP contribution in [0.15, 0.2) is 64.2 Å². The number of aryl methyl sites for hydroxylation is 1. The normalized spacial score (nSPS) is 11.6. The maximum absolute atomic E-state index is 12.7. The third-order valence-corrected chi connectivity index (χ3v) is 5.00. The van der Waals surface area contributed by atoms with Crippen LogP contribution in [0.2, 0.25) is 0 Å². The molecule has 1 heterocycles. The first kappa shape index (κ1) is 19.6. The number of carbonyl (C=O) groups is 2. The van der Waals surface area contributed by atoms with Crippen molar-refractivity contribution in [2.75, 3.05) is 6.54 Å². The Balaban J connectivity index is 1.83. The van der Waals surface area contributed by atoms with Crippen LogP contribution < -0.4 is 10.6 Å². The fourth-order valence-electron chi connectivity index (χ4n) is 2.56. The summed E-state index contributed by atoms with van der Waals surface area (Å²) >= 11 is 1.10. The van der Waals surface area contributed by atoms with E-state index < -0.39 is 17.2 Å². The summed E-state index contributed by atoms with van der Waals surface area (Å²) in [5.41, 5.74) is 2.58. The van der Waals surface area contributed by atoms with Gasteiger partial charge in [-0.05, 0) is 42.8 Å². The van der Waals surface area contributed by atoms with Crippen molar-refractivity contribution in [3.05, 3.63) is 65.7 Å². The van der Waals surface area contributed by atoms with Gasteiger partial charge in [0.05, 0.1) is 0 Å². The minimum absolute atomic E-state index is 0.248. The summed E-state index contributed by atoms with van der Waals surface area (Å²) < 4.78 is 5.77. The van der Waals surface area contributed by atoms with Gasteiger partial charge in [0.2, 0.25) is 11.8 Å². The molecule has 0 radical (unpaired) electrons. The fourth-order valence-corrected chi connectivity index (χ4v) is 3.44. The first-order chi connectivity index (χ1) is 13.6. The topological polar surface area (TPSA) is 97.1 Å². The molecule has 2 aromatic carbocycles. The number of nitrogens with zero attached hydrogens (tertiary/aromatic N) is 2. The Kier molecular flexibility index (Phi) is 6.44. The molecular weight excluding hydrogens is 376 g/mol. The van der Waals surface area contributed by atoms with E-state index >= 15 is 0 Å².